The number of benzene rings is 2. The lowest BCUT2D eigenvalue weighted by molar-refractivity contribution is 0.250. The first-order valence-corrected chi connectivity index (χ1v) is 10.5. The predicted molar refractivity (Wildman–Crippen MR) is 110 cm³/mol. The van der Waals surface area contributed by atoms with Crippen LogP contribution in [0, 0.1) is 29.0 Å². The summed E-state index contributed by atoms with van der Waals surface area (Å²) in [6.07, 6.45) is 11.7. The standard InChI is InChI=1S/C25H30FN/c1-2-3-4-19-5-7-20(8-6-19)9-10-21-13-16-24(25(26)17-21)23-14-11-22(18-27)12-15-23/h11-17,19-20H,2-10H2,1H3. The molecule has 0 spiro atoms. The summed E-state index contributed by atoms with van der Waals surface area (Å²) in [6, 6.07) is 14.8. The van der Waals surface area contributed by atoms with E-state index in [1.54, 1.807) is 18.2 Å². The molecule has 0 unspecified atom stereocenters. The largest absolute Gasteiger partial charge is 0.206 e. The number of rotatable bonds is 7. The Labute approximate surface area is 163 Å². The molecular weight excluding hydrogens is 333 g/mol. The highest BCUT2D eigenvalue weighted by Crippen LogP contribution is 2.34. The molecule has 1 nitrogen and oxygen atoms in total. The summed E-state index contributed by atoms with van der Waals surface area (Å²) in [7, 11) is 0. The van der Waals surface area contributed by atoms with Gasteiger partial charge in [-0.3, -0.25) is 0 Å². The third-order valence-electron chi connectivity index (χ3n) is 6.13. The van der Waals surface area contributed by atoms with Crippen LogP contribution in [0.25, 0.3) is 11.1 Å². The highest BCUT2D eigenvalue weighted by Gasteiger charge is 2.20. The summed E-state index contributed by atoms with van der Waals surface area (Å²) in [6.45, 7) is 2.28. The normalized spacial score (nSPS) is 19.6. The van der Waals surface area contributed by atoms with Gasteiger partial charge in [-0.2, -0.15) is 5.26 Å². The van der Waals surface area contributed by atoms with Gasteiger partial charge in [-0.15, -0.1) is 0 Å². The molecule has 3 rings (SSSR count). The Hall–Kier alpha value is -2.14. The Bertz CT molecular complexity index is 764. The zero-order valence-electron chi connectivity index (χ0n) is 16.4. The third kappa shape index (κ3) is 5.42. The van der Waals surface area contributed by atoms with E-state index in [-0.39, 0.29) is 5.82 Å². The summed E-state index contributed by atoms with van der Waals surface area (Å²) in [5.41, 5.74) is 3.13. The van der Waals surface area contributed by atoms with E-state index in [1.807, 2.05) is 18.2 Å². The molecule has 0 radical (unpaired) electrons. The average molecular weight is 364 g/mol. The molecule has 1 aliphatic rings. The molecule has 0 heterocycles. The van der Waals surface area contributed by atoms with Gasteiger partial charge in [0.1, 0.15) is 5.82 Å². The molecule has 1 saturated carbocycles. The van der Waals surface area contributed by atoms with Crippen molar-refractivity contribution in [2.75, 3.05) is 0 Å². The van der Waals surface area contributed by atoms with Gasteiger partial charge in [0.25, 0.3) is 0 Å². The Morgan fingerprint density at radius 2 is 1.63 bits per heavy atom. The summed E-state index contributed by atoms with van der Waals surface area (Å²) in [5, 5.41) is 8.89. The lowest BCUT2D eigenvalue weighted by Gasteiger charge is -2.28. The first-order chi connectivity index (χ1) is 13.2. The highest BCUT2D eigenvalue weighted by molar-refractivity contribution is 5.65. The quantitative estimate of drug-likeness (QED) is 0.506. The zero-order valence-corrected chi connectivity index (χ0v) is 16.4. The van der Waals surface area contributed by atoms with Crippen molar-refractivity contribution in [2.45, 2.75) is 64.7 Å². The molecular formula is C25H30FN. The van der Waals surface area contributed by atoms with Crippen molar-refractivity contribution in [3.05, 3.63) is 59.4 Å². The number of unbranched alkanes of at least 4 members (excludes halogenated alkanes) is 1. The van der Waals surface area contributed by atoms with E-state index in [1.165, 1.54) is 51.4 Å². The Balaban J connectivity index is 1.53. The minimum absolute atomic E-state index is 0.166. The second-order valence-corrected chi connectivity index (χ2v) is 8.07. The van der Waals surface area contributed by atoms with Gasteiger partial charge in [-0.1, -0.05) is 76.1 Å². The van der Waals surface area contributed by atoms with Crippen LogP contribution in [0.2, 0.25) is 0 Å². The van der Waals surface area contributed by atoms with Crippen molar-refractivity contribution < 1.29 is 4.39 Å². The maximum atomic E-state index is 14.6. The topological polar surface area (TPSA) is 23.8 Å². The number of nitriles is 1. The van der Waals surface area contributed by atoms with Crippen LogP contribution in [0.1, 0.15) is 69.4 Å². The first-order valence-electron chi connectivity index (χ1n) is 10.5. The molecule has 2 aromatic carbocycles. The minimum Gasteiger partial charge on any atom is -0.206 e. The monoisotopic (exact) mass is 363 g/mol. The average Bonchev–Trinajstić information content (AvgIpc) is 2.72. The van der Waals surface area contributed by atoms with Crippen LogP contribution < -0.4 is 0 Å². The van der Waals surface area contributed by atoms with Gasteiger partial charge < -0.3 is 0 Å². The van der Waals surface area contributed by atoms with Crippen LogP contribution in [0.3, 0.4) is 0 Å². The molecule has 142 valence electrons. The maximum Gasteiger partial charge on any atom is 0.131 e. The molecule has 0 atom stereocenters. The van der Waals surface area contributed by atoms with E-state index in [0.717, 1.165) is 29.4 Å². The molecule has 27 heavy (non-hydrogen) atoms. The fourth-order valence-electron chi connectivity index (χ4n) is 4.34. The Morgan fingerprint density at radius 1 is 0.963 bits per heavy atom. The second-order valence-electron chi connectivity index (χ2n) is 8.07. The predicted octanol–water partition coefficient (Wildman–Crippen LogP) is 7.29. The van der Waals surface area contributed by atoms with E-state index in [9.17, 15) is 4.39 Å². The molecule has 0 saturated heterocycles. The molecule has 0 N–H and O–H groups in total. The number of nitrogens with zero attached hydrogens (tertiary/aromatic N) is 1. The zero-order chi connectivity index (χ0) is 19.1. The van der Waals surface area contributed by atoms with E-state index in [2.05, 4.69) is 19.1 Å². The summed E-state index contributed by atoms with van der Waals surface area (Å²) in [5.74, 6) is 1.59. The third-order valence-corrected chi connectivity index (χ3v) is 6.13. The van der Waals surface area contributed by atoms with E-state index < -0.39 is 0 Å². The molecule has 0 bridgehead atoms. The Morgan fingerprint density at radius 3 is 2.22 bits per heavy atom. The van der Waals surface area contributed by atoms with Gasteiger partial charge in [0.05, 0.1) is 11.6 Å². The summed E-state index contributed by atoms with van der Waals surface area (Å²) in [4.78, 5) is 0. The van der Waals surface area contributed by atoms with Gasteiger partial charge in [0, 0.05) is 5.56 Å². The molecule has 0 amide bonds. The van der Waals surface area contributed by atoms with E-state index in [0.29, 0.717) is 11.1 Å². The van der Waals surface area contributed by atoms with Crippen molar-refractivity contribution in [3.63, 3.8) is 0 Å². The van der Waals surface area contributed by atoms with Crippen molar-refractivity contribution >= 4 is 0 Å². The molecule has 0 aromatic heterocycles. The molecule has 2 aromatic rings. The minimum atomic E-state index is -0.166. The van der Waals surface area contributed by atoms with E-state index >= 15 is 0 Å². The summed E-state index contributed by atoms with van der Waals surface area (Å²) >= 11 is 0. The smallest absolute Gasteiger partial charge is 0.131 e. The first kappa shape index (κ1) is 19.6. The van der Waals surface area contributed by atoms with Crippen molar-refractivity contribution in [2.24, 2.45) is 11.8 Å². The number of hydrogen-bond acceptors (Lipinski definition) is 1. The molecule has 0 aliphatic heterocycles. The lowest BCUT2D eigenvalue weighted by Crippen LogP contribution is -2.15. The molecule has 1 aliphatic carbocycles. The van der Waals surface area contributed by atoms with Gasteiger partial charge in [-0.05, 0) is 54.0 Å². The van der Waals surface area contributed by atoms with Crippen LogP contribution in [0.15, 0.2) is 42.5 Å². The second kappa shape index (κ2) is 9.70. The van der Waals surface area contributed by atoms with Crippen LogP contribution in [0.4, 0.5) is 4.39 Å². The number of halogens is 1. The lowest BCUT2D eigenvalue weighted by atomic mass is 9.78. The van der Waals surface area contributed by atoms with Crippen molar-refractivity contribution in [1.82, 2.24) is 0 Å². The fraction of sp³-hybridized carbons (Fsp3) is 0.480. The molecule has 2 heteroatoms. The van der Waals surface area contributed by atoms with Crippen molar-refractivity contribution in [3.8, 4) is 17.2 Å². The van der Waals surface area contributed by atoms with Gasteiger partial charge >= 0.3 is 0 Å². The maximum absolute atomic E-state index is 14.6. The summed E-state index contributed by atoms with van der Waals surface area (Å²) < 4.78 is 14.6. The van der Waals surface area contributed by atoms with Crippen LogP contribution >= 0.6 is 0 Å². The van der Waals surface area contributed by atoms with Gasteiger partial charge in [0.2, 0.25) is 0 Å². The van der Waals surface area contributed by atoms with Crippen molar-refractivity contribution in [1.29, 1.82) is 5.26 Å². The Kier molecular flexibility index (Phi) is 7.04. The van der Waals surface area contributed by atoms with Crippen LogP contribution in [0.5, 0.6) is 0 Å². The number of aryl methyl sites for hydroxylation is 1. The SMILES string of the molecule is CCCCC1CCC(CCc2ccc(-c3ccc(C#N)cc3)c(F)c2)CC1. The van der Waals surface area contributed by atoms with E-state index in [4.69, 9.17) is 5.26 Å². The van der Waals surface area contributed by atoms with Gasteiger partial charge in [-0.25, -0.2) is 4.39 Å². The van der Waals surface area contributed by atoms with Gasteiger partial charge in [0.15, 0.2) is 0 Å². The fourth-order valence-corrected chi connectivity index (χ4v) is 4.34. The van der Waals surface area contributed by atoms with Crippen LogP contribution in [-0.4, -0.2) is 0 Å². The number of hydrogen-bond donors (Lipinski definition) is 0. The molecule has 1 fully saturated rings. The van der Waals surface area contributed by atoms with Crippen LogP contribution in [-0.2, 0) is 6.42 Å². The highest BCUT2D eigenvalue weighted by atomic mass is 19.1.